The number of H-pyrrole nitrogens is 1. The summed E-state index contributed by atoms with van der Waals surface area (Å²) in [4.78, 5) is 4.71. The van der Waals surface area contributed by atoms with Gasteiger partial charge in [0.1, 0.15) is 24.7 Å². The Morgan fingerprint density at radius 1 is 1.03 bits per heavy atom. The lowest BCUT2D eigenvalue weighted by Crippen LogP contribution is -2.03. The molecule has 2 aromatic heterocycles. The summed E-state index contributed by atoms with van der Waals surface area (Å²) in [6.07, 6.45) is 0.726. The molecule has 1 unspecified atom stereocenters. The first-order valence-electron chi connectivity index (χ1n) is 11.6. The zero-order valence-electron chi connectivity index (χ0n) is 19.2. The van der Waals surface area contributed by atoms with Gasteiger partial charge >= 0.3 is 0 Å². The normalized spacial score (nSPS) is 14.5. The first-order chi connectivity index (χ1) is 17.7. The Morgan fingerprint density at radius 2 is 1.94 bits per heavy atom. The van der Waals surface area contributed by atoms with Crippen LogP contribution in [0.25, 0.3) is 10.9 Å². The summed E-state index contributed by atoms with van der Waals surface area (Å²) in [5.41, 5.74) is 5.22. The van der Waals surface area contributed by atoms with Crippen LogP contribution in [0.2, 0.25) is 5.02 Å². The van der Waals surface area contributed by atoms with Crippen molar-refractivity contribution in [1.82, 2.24) is 25.6 Å². The van der Waals surface area contributed by atoms with Gasteiger partial charge in [-0.3, -0.25) is 0 Å². The van der Waals surface area contributed by atoms with E-state index in [2.05, 4.69) is 51.0 Å². The number of ether oxygens (including phenoxy) is 2. The lowest BCUT2D eigenvalue weighted by Gasteiger charge is -2.19. The van der Waals surface area contributed by atoms with Crippen molar-refractivity contribution in [1.29, 1.82) is 0 Å². The molecule has 0 saturated carbocycles. The Hall–Kier alpha value is -3.62. The fourth-order valence-corrected chi connectivity index (χ4v) is 5.78. The molecule has 0 fully saturated rings. The van der Waals surface area contributed by atoms with E-state index >= 15 is 0 Å². The average molecular weight is 516 g/mol. The Balaban J connectivity index is 1.25. The zero-order chi connectivity index (χ0) is 24.3. The van der Waals surface area contributed by atoms with Crippen LogP contribution in [0, 0.1) is 0 Å². The highest BCUT2D eigenvalue weighted by Crippen LogP contribution is 2.45. The molecule has 9 heteroatoms. The molecule has 36 heavy (non-hydrogen) atoms. The van der Waals surface area contributed by atoms with Crippen molar-refractivity contribution in [2.45, 2.75) is 24.9 Å². The zero-order valence-corrected chi connectivity index (χ0v) is 20.8. The number of rotatable bonds is 7. The van der Waals surface area contributed by atoms with Gasteiger partial charge in [-0.05, 0) is 47.5 Å². The van der Waals surface area contributed by atoms with Gasteiger partial charge in [0, 0.05) is 28.1 Å². The van der Waals surface area contributed by atoms with Gasteiger partial charge in [0.25, 0.3) is 0 Å². The summed E-state index contributed by atoms with van der Waals surface area (Å²) in [6.45, 7) is 0.892. The van der Waals surface area contributed by atoms with Crippen molar-refractivity contribution >= 4 is 34.3 Å². The molecule has 1 aliphatic rings. The Labute approximate surface area is 217 Å². The maximum Gasteiger partial charge on any atom is 0.175 e. The van der Waals surface area contributed by atoms with Gasteiger partial charge < -0.3 is 9.47 Å². The minimum atomic E-state index is 0.0927. The van der Waals surface area contributed by atoms with Crippen molar-refractivity contribution in [3.8, 4) is 11.5 Å². The smallest absolute Gasteiger partial charge is 0.175 e. The second-order valence-corrected chi connectivity index (χ2v) is 10.1. The number of fused-ring (bicyclic) bond motifs is 3. The average Bonchev–Trinajstić information content (AvgIpc) is 3.37. The van der Waals surface area contributed by atoms with Crippen molar-refractivity contribution < 1.29 is 9.47 Å². The molecule has 1 aliphatic heterocycles. The quantitative estimate of drug-likeness (QED) is 0.287. The number of halogens is 1. The molecule has 0 radical (unpaired) electrons. The molecule has 0 saturated heterocycles. The van der Waals surface area contributed by atoms with Gasteiger partial charge in [0.05, 0.1) is 16.5 Å². The largest absolute Gasteiger partial charge is 0.489 e. The fraction of sp³-hybridized carbons (Fsp3) is 0.185. The predicted molar refractivity (Wildman–Crippen MR) is 140 cm³/mol. The van der Waals surface area contributed by atoms with E-state index in [-0.39, 0.29) is 5.25 Å². The molecule has 1 N–H and O–H groups in total. The Bertz CT molecular complexity index is 1510. The number of pyridine rings is 1. The number of thioether (sulfide) groups is 1. The molecule has 0 amide bonds. The number of hydrogen-bond acceptors (Lipinski definition) is 7. The number of aryl methyl sites for hydroxylation is 1. The molecule has 6 rings (SSSR count). The van der Waals surface area contributed by atoms with Gasteiger partial charge in [-0.25, -0.2) is 4.98 Å². The molecular weight excluding hydrogens is 494 g/mol. The van der Waals surface area contributed by atoms with E-state index < -0.39 is 0 Å². The van der Waals surface area contributed by atoms with Gasteiger partial charge in [-0.2, -0.15) is 5.21 Å². The van der Waals surface area contributed by atoms with Crippen LogP contribution in [-0.2, 0) is 19.6 Å². The van der Waals surface area contributed by atoms with Gasteiger partial charge in [-0.15, -0.1) is 22.0 Å². The second kappa shape index (κ2) is 10.2. The SMILES string of the molecule is Clc1ccc2ccc(COc3ccc4c(c3)C(SCCc3nn[nH]n3)c3ccccc3CO4)nc2c1. The maximum atomic E-state index is 6.20. The molecule has 180 valence electrons. The lowest BCUT2D eigenvalue weighted by molar-refractivity contribution is 0.295. The van der Waals surface area contributed by atoms with E-state index in [1.54, 1.807) is 0 Å². The minimum Gasteiger partial charge on any atom is -0.489 e. The standard InChI is InChI=1S/C27H22ClN5O2S/c28-19-7-5-17-6-8-20(29-24(17)13-19)16-34-21-9-10-25-23(14-21)27(36-12-11-26-30-32-33-31-26)22-4-2-1-3-18(22)15-35-25/h1-10,13-14,27H,11-12,15-16H2,(H,30,31,32,33). The van der Waals surface area contributed by atoms with Crippen molar-refractivity contribution in [3.05, 3.63) is 106 Å². The summed E-state index contributed by atoms with van der Waals surface area (Å²) in [5, 5.41) is 16.1. The highest BCUT2D eigenvalue weighted by molar-refractivity contribution is 7.99. The van der Waals surface area contributed by atoms with E-state index in [1.807, 2.05) is 54.2 Å². The topological polar surface area (TPSA) is 85.8 Å². The van der Waals surface area contributed by atoms with Crippen molar-refractivity contribution in [2.75, 3.05) is 5.75 Å². The highest BCUT2D eigenvalue weighted by Gasteiger charge is 2.26. The maximum absolute atomic E-state index is 6.20. The first kappa shape index (κ1) is 22.8. The van der Waals surface area contributed by atoms with Crippen molar-refractivity contribution in [3.63, 3.8) is 0 Å². The molecule has 7 nitrogen and oxygen atoms in total. The summed E-state index contributed by atoms with van der Waals surface area (Å²) >= 11 is 7.98. The third kappa shape index (κ3) is 4.87. The molecule has 0 bridgehead atoms. The summed E-state index contributed by atoms with van der Waals surface area (Å²) < 4.78 is 12.4. The van der Waals surface area contributed by atoms with Gasteiger partial charge in [-0.1, -0.05) is 53.2 Å². The second-order valence-electron chi connectivity index (χ2n) is 8.44. The van der Waals surface area contributed by atoms with E-state index in [1.165, 1.54) is 11.1 Å². The van der Waals surface area contributed by atoms with E-state index in [0.29, 0.717) is 24.1 Å². The van der Waals surface area contributed by atoms with E-state index in [4.69, 9.17) is 26.1 Å². The molecule has 3 aromatic carbocycles. The molecule has 5 aromatic rings. The number of hydrogen-bond donors (Lipinski definition) is 1. The number of nitrogens with one attached hydrogen (secondary N) is 1. The summed E-state index contributed by atoms with van der Waals surface area (Å²) in [7, 11) is 0. The number of nitrogens with zero attached hydrogens (tertiary/aromatic N) is 4. The van der Waals surface area contributed by atoms with Gasteiger partial charge in [0.2, 0.25) is 0 Å². The Kier molecular flexibility index (Phi) is 6.44. The molecule has 0 aliphatic carbocycles. The van der Waals surface area contributed by atoms with Crippen molar-refractivity contribution in [2.24, 2.45) is 0 Å². The van der Waals surface area contributed by atoms with Gasteiger partial charge in [0.15, 0.2) is 5.82 Å². The van der Waals surface area contributed by atoms with Crippen LogP contribution in [0.15, 0.2) is 72.8 Å². The van der Waals surface area contributed by atoms with Crippen LogP contribution in [0.1, 0.15) is 33.5 Å². The molecule has 1 atom stereocenters. The van der Waals surface area contributed by atoms with Crippen LogP contribution in [-0.4, -0.2) is 31.4 Å². The summed E-state index contributed by atoms with van der Waals surface area (Å²) in [6, 6.07) is 24.2. The van der Waals surface area contributed by atoms with E-state index in [0.717, 1.165) is 45.8 Å². The number of aromatic nitrogens is 5. The van der Waals surface area contributed by atoms with E-state index in [9.17, 15) is 0 Å². The van der Waals surface area contributed by atoms with Crippen LogP contribution < -0.4 is 9.47 Å². The monoisotopic (exact) mass is 515 g/mol. The molecule has 3 heterocycles. The third-order valence-electron chi connectivity index (χ3n) is 6.08. The highest BCUT2D eigenvalue weighted by atomic mass is 35.5. The molecular formula is C27H22ClN5O2S. The number of benzene rings is 3. The lowest BCUT2D eigenvalue weighted by atomic mass is 10.00. The van der Waals surface area contributed by atoms with Crippen LogP contribution in [0.3, 0.4) is 0 Å². The first-order valence-corrected chi connectivity index (χ1v) is 13.0. The fourth-order valence-electron chi connectivity index (χ4n) is 4.30. The van der Waals surface area contributed by atoms with Crippen LogP contribution in [0.5, 0.6) is 11.5 Å². The third-order valence-corrected chi connectivity index (χ3v) is 7.60. The Morgan fingerprint density at radius 3 is 2.86 bits per heavy atom. The number of aromatic amines is 1. The minimum absolute atomic E-state index is 0.0927. The molecule has 0 spiro atoms. The van der Waals surface area contributed by atoms with Crippen LogP contribution in [0.4, 0.5) is 0 Å². The summed E-state index contributed by atoms with van der Waals surface area (Å²) in [5.74, 6) is 3.19. The number of tetrazole rings is 1. The van der Waals surface area contributed by atoms with Crippen LogP contribution >= 0.6 is 23.4 Å². The predicted octanol–water partition coefficient (Wildman–Crippen LogP) is 5.94.